The Bertz CT molecular complexity index is 788. The quantitative estimate of drug-likeness (QED) is 0.756. The predicted molar refractivity (Wildman–Crippen MR) is 107 cm³/mol. The third-order valence-corrected chi connectivity index (χ3v) is 6.05. The summed E-state index contributed by atoms with van der Waals surface area (Å²) in [5, 5.41) is 9.79. The van der Waals surface area contributed by atoms with Gasteiger partial charge in [-0.25, -0.2) is 0 Å². The molecule has 2 atom stereocenters. The molecule has 0 bridgehead atoms. The monoisotopic (exact) mass is 389 g/mol. The number of hydrogen-bond acceptors (Lipinski definition) is 5. The summed E-state index contributed by atoms with van der Waals surface area (Å²) in [6.45, 7) is 5.36. The van der Waals surface area contributed by atoms with Gasteiger partial charge >= 0.3 is 5.97 Å². The predicted octanol–water partition coefficient (Wildman–Crippen LogP) is 4.49. The van der Waals surface area contributed by atoms with Crippen LogP contribution in [0.15, 0.2) is 30.3 Å². The molecule has 1 N–H and O–H groups in total. The molecule has 1 fully saturated rings. The molecule has 1 aromatic carbocycles. The van der Waals surface area contributed by atoms with Crippen molar-refractivity contribution >= 4 is 17.3 Å². The maximum atomic E-state index is 11.9. The number of carboxylic acids is 1. The fourth-order valence-corrected chi connectivity index (χ4v) is 4.80. The number of piperidine rings is 1. The van der Waals surface area contributed by atoms with Gasteiger partial charge in [-0.2, -0.15) is 0 Å². The average Bonchev–Trinajstić information content (AvgIpc) is 3.09. The van der Waals surface area contributed by atoms with Crippen LogP contribution >= 0.6 is 11.3 Å². The number of methoxy groups -OCH3 is 1. The number of aliphatic carboxylic acids is 1. The Hall–Kier alpha value is -2.05. The molecule has 1 aliphatic rings. The normalized spacial score (nSPS) is 18.9. The van der Waals surface area contributed by atoms with E-state index >= 15 is 0 Å². The topological polar surface area (TPSA) is 59.0 Å². The van der Waals surface area contributed by atoms with Gasteiger partial charge in [0.1, 0.15) is 6.04 Å². The van der Waals surface area contributed by atoms with Crippen molar-refractivity contribution < 1.29 is 19.4 Å². The van der Waals surface area contributed by atoms with E-state index in [9.17, 15) is 9.90 Å². The van der Waals surface area contributed by atoms with E-state index in [0.29, 0.717) is 24.5 Å². The van der Waals surface area contributed by atoms with E-state index in [4.69, 9.17) is 9.47 Å². The third kappa shape index (κ3) is 4.28. The number of ether oxygens (including phenoxy) is 2. The molecule has 1 aromatic heterocycles. The maximum absolute atomic E-state index is 11.9. The zero-order chi connectivity index (χ0) is 19.4. The minimum Gasteiger partial charge on any atom is -0.493 e. The Morgan fingerprint density at radius 1 is 1.30 bits per heavy atom. The van der Waals surface area contributed by atoms with Crippen LogP contribution < -0.4 is 9.47 Å². The molecule has 0 radical (unpaired) electrons. The highest BCUT2D eigenvalue weighted by molar-refractivity contribution is 7.12. The first-order valence-corrected chi connectivity index (χ1v) is 10.2. The molecule has 6 heteroatoms. The molecule has 27 heavy (non-hydrogen) atoms. The summed E-state index contributed by atoms with van der Waals surface area (Å²) in [5.41, 5.74) is 1.03. The van der Waals surface area contributed by atoms with Crippen molar-refractivity contribution in [3.63, 3.8) is 0 Å². The molecule has 1 saturated heterocycles. The molecule has 0 aliphatic carbocycles. The minimum absolute atomic E-state index is 0.102. The summed E-state index contributed by atoms with van der Waals surface area (Å²) >= 11 is 1.72. The van der Waals surface area contributed by atoms with E-state index in [0.717, 1.165) is 29.8 Å². The van der Waals surface area contributed by atoms with Crippen molar-refractivity contribution in [1.29, 1.82) is 0 Å². The SMILES string of the molecule is CCOc1ccc(C(c2ccc(C)s2)N2CCCCC2C(=O)O)cc1OC. The lowest BCUT2D eigenvalue weighted by atomic mass is 9.95. The van der Waals surface area contributed by atoms with Crippen molar-refractivity contribution in [3.05, 3.63) is 45.6 Å². The number of benzene rings is 1. The number of rotatable bonds is 7. The van der Waals surface area contributed by atoms with E-state index in [1.54, 1.807) is 18.4 Å². The summed E-state index contributed by atoms with van der Waals surface area (Å²) in [7, 11) is 1.63. The highest BCUT2D eigenvalue weighted by Crippen LogP contribution is 2.40. The zero-order valence-electron chi connectivity index (χ0n) is 16.1. The second-order valence-corrected chi connectivity index (χ2v) is 8.10. The van der Waals surface area contributed by atoms with Gasteiger partial charge < -0.3 is 14.6 Å². The van der Waals surface area contributed by atoms with Gasteiger partial charge in [0.15, 0.2) is 11.5 Å². The Morgan fingerprint density at radius 2 is 2.11 bits per heavy atom. The zero-order valence-corrected chi connectivity index (χ0v) is 16.9. The van der Waals surface area contributed by atoms with Gasteiger partial charge in [-0.1, -0.05) is 12.5 Å². The van der Waals surface area contributed by atoms with Crippen LogP contribution in [0.4, 0.5) is 0 Å². The highest BCUT2D eigenvalue weighted by atomic mass is 32.1. The molecular weight excluding hydrogens is 362 g/mol. The van der Waals surface area contributed by atoms with Crippen molar-refractivity contribution in [2.75, 3.05) is 20.3 Å². The summed E-state index contributed by atoms with van der Waals surface area (Å²) in [5.74, 6) is 0.640. The minimum atomic E-state index is -0.745. The summed E-state index contributed by atoms with van der Waals surface area (Å²) in [6, 6.07) is 9.57. The Morgan fingerprint density at radius 3 is 2.74 bits per heavy atom. The molecule has 3 rings (SSSR count). The van der Waals surface area contributed by atoms with Crippen molar-refractivity contribution in [3.8, 4) is 11.5 Å². The summed E-state index contributed by atoms with van der Waals surface area (Å²) in [4.78, 5) is 16.4. The van der Waals surface area contributed by atoms with Gasteiger partial charge in [-0.3, -0.25) is 9.69 Å². The highest BCUT2D eigenvalue weighted by Gasteiger charge is 2.36. The first-order valence-electron chi connectivity index (χ1n) is 9.40. The maximum Gasteiger partial charge on any atom is 0.320 e. The second kappa shape index (κ2) is 8.76. The average molecular weight is 390 g/mol. The number of thiophene rings is 1. The number of likely N-dealkylation sites (tertiary alicyclic amines) is 1. The van der Waals surface area contributed by atoms with Crippen LogP contribution in [0.3, 0.4) is 0 Å². The molecule has 1 aliphatic heterocycles. The summed E-state index contributed by atoms with van der Waals surface area (Å²) in [6.07, 6.45) is 2.65. The van der Waals surface area contributed by atoms with E-state index < -0.39 is 12.0 Å². The first kappa shape index (κ1) is 19.7. The van der Waals surface area contributed by atoms with Crippen LogP contribution in [0.1, 0.15) is 47.5 Å². The lowest BCUT2D eigenvalue weighted by Gasteiger charge is -2.39. The van der Waals surface area contributed by atoms with Crippen molar-refractivity contribution in [2.24, 2.45) is 0 Å². The fourth-order valence-electron chi connectivity index (χ4n) is 3.78. The van der Waals surface area contributed by atoms with Crippen molar-refractivity contribution in [1.82, 2.24) is 4.90 Å². The number of carboxylic acid groups (broad SMARTS) is 1. The number of nitrogens with zero attached hydrogens (tertiary/aromatic N) is 1. The molecule has 2 heterocycles. The summed E-state index contributed by atoms with van der Waals surface area (Å²) < 4.78 is 11.2. The molecule has 2 unspecified atom stereocenters. The number of aryl methyl sites for hydroxylation is 1. The van der Waals surface area contributed by atoms with E-state index in [2.05, 4.69) is 24.0 Å². The van der Waals surface area contributed by atoms with Gasteiger partial charge in [0.2, 0.25) is 0 Å². The standard InChI is InChI=1S/C21H27NO4S/c1-4-26-17-10-9-15(13-18(17)25-3)20(19-11-8-14(2)27-19)22-12-6-5-7-16(22)21(23)24/h8-11,13,16,20H,4-7,12H2,1-3H3,(H,23,24). The van der Waals surface area contributed by atoms with Gasteiger partial charge in [0, 0.05) is 9.75 Å². The Balaban J connectivity index is 2.06. The Kier molecular flexibility index (Phi) is 6.39. The first-order chi connectivity index (χ1) is 13.0. The van der Waals surface area contributed by atoms with Crippen LogP contribution in [-0.2, 0) is 4.79 Å². The molecule has 146 valence electrons. The van der Waals surface area contributed by atoms with Gasteiger partial charge in [-0.05, 0) is 63.1 Å². The largest absolute Gasteiger partial charge is 0.493 e. The van der Waals surface area contributed by atoms with Crippen LogP contribution in [0.5, 0.6) is 11.5 Å². The van der Waals surface area contributed by atoms with Gasteiger partial charge in [0.05, 0.1) is 19.8 Å². The Labute approximate surface area is 164 Å². The lowest BCUT2D eigenvalue weighted by Crippen LogP contribution is -2.46. The van der Waals surface area contributed by atoms with E-state index in [1.165, 1.54) is 4.88 Å². The smallest absolute Gasteiger partial charge is 0.320 e. The van der Waals surface area contributed by atoms with Crippen LogP contribution in [-0.4, -0.2) is 42.3 Å². The van der Waals surface area contributed by atoms with Gasteiger partial charge in [-0.15, -0.1) is 11.3 Å². The lowest BCUT2D eigenvalue weighted by molar-refractivity contribution is -0.145. The van der Waals surface area contributed by atoms with E-state index in [-0.39, 0.29) is 6.04 Å². The van der Waals surface area contributed by atoms with Crippen LogP contribution in [0, 0.1) is 6.92 Å². The molecule has 2 aromatic rings. The van der Waals surface area contributed by atoms with Gasteiger partial charge in [0.25, 0.3) is 0 Å². The molecule has 0 spiro atoms. The number of hydrogen-bond donors (Lipinski definition) is 1. The van der Waals surface area contributed by atoms with E-state index in [1.807, 2.05) is 25.1 Å². The molecule has 0 amide bonds. The second-order valence-electron chi connectivity index (χ2n) is 6.78. The molecule has 5 nitrogen and oxygen atoms in total. The molecular formula is C21H27NO4S. The van der Waals surface area contributed by atoms with Crippen LogP contribution in [0.25, 0.3) is 0 Å². The fraction of sp³-hybridized carbons (Fsp3) is 0.476. The van der Waals surface area contributed by atoms with Crippen LogP contribution in [0.2, 0.25) is 0 Å². The molecule has 0 saturated carbocycles. The number of carbonyl (C=O) groups is 1. The third-order valence-electron chi connectivity index (χ3n) is 4.99. The van der Waals surface area contributed by atoms with Crippen molar-refractivity contribution in [2.45, 2.75) is 45.2 Å².